The van der Waals surface area contributed by atoms with Gasteiger partial charge in [0.05, 0.1) is 6.61 Å². The van der Waals surface area contributed by atoms with Gasteiger partial charge in [-0.05, 0) is 6.42 Å². The second-order valence-electron chi connectivity index (χ2n) is 4.43. The molecule has 8 heteroatoms. The molecule has 1 aliphatic rings. The molecule has 1 heterocycles. The number of amides is 3. The van der Waals surface area contributed by atoms with Gasteiger partial charge < -0.3 is 25.4 Å². The smallest absolute Gasteiger partial charge is 0.328 e. The van der Waals surface area contributed by atoms with E-state index in [2.05, 4.69) is 10.6 Å². The summed E-state index contributed by atoms with van der Waals surface area (Å²) >= 11 is 0. The number of likely N-dealkylation sites (tertiary alicyclic amines) is 1. The normalized spacial score (nSPS) is 19.9. The van der Waals surface area contributed by atoms with E-state index in [9.17, 15) is 14.4 Å². The SMILES string of the molecule is COCC(NC(=O)N1CCC(NC(C)=O)C1)C(=O)O. The first-order chi connectivity index (χ1) is 8.93. The molecule has 1 fully saturated rings. The van der Waals surface area contributed by atoms with Gasteiger partial charge in [-0.3, -0.25) is 4.79 Å². The van der Waals surface area contributed by atoms with Crippen LogP contribution in [0.15, 0.2) is 0 Å². The third-order valence-electron chi connectivity index (χ3n) is 2.81. The van der Waals surface area contributed by atoms with Crippen molar-refractivity contribution in [1.82, 2.24) is 15.5 Å². The van der Waals surface area contributed by atoms with Crippen LogP contribution in [0.25, 0.3) is 0 Å². The Kier molecular flexibility index (Phi) is 5.56. The fraction of sp³-hybridized carbons (Fsp3) is 0.727. The van der Waals surface area contributed by atoms with Gasteiger partial charge in [0.1, 0.15) is 0 Å². The molecule has 1 saturated heterocycles. The number of ether oxygens (including phenoxy) is 1. The van der Waals surface area contributed by atoms with Gasteiger partial charge in [0.25, 0.3) is 0 Å². The van der Waals surface area contributed by atoms with Gasteiger partial charge in [-0.2, -0.15) is 0 Å². The fourth-order valence-electron chi connectivity index (χ4n) is 1.93. The molecule has 2 unspecified atom stereocenters. The summed E-state index contributed by atoms with van der Waals surface area (Å²) in [7, 11) is 1.37. The Bertz CT molecular complexity index is 360. The van der Waals surface area contributed by atoms with Gasteiger partial charge in [-0.15, -0.1) is 0 Å². The van der Waals surface area contributed by atoms with Crippen molar-refractivity contribution < 1.29 is 24.2 Å². The zero-order valence-corrected chi connectivity index (χ0v) is 11.0. The van der Waals surface area contributed by atoms with Crippen molar-refractivity contribution in [2.45, 2.75) is 25.4 Å². The molecule has 108 valence electrons. The summed E-state index contributed by atoms with van der Waals surface area (Å²) in [5.74, 6) is -1.29. The summed E-state index contributed by atoms with van der Waals surface area (Å²) in [5.41, 5.74) is 0. The predicted octanol–water partition coefficient (Wildman–Crippen LogP) is -0.994. The Morgan fingerprint density at radius 1 is 1.47 bits per heavy atom. The summed E-state index contributed by atoms with van der Waals surface area (Å²) in [6.45, 7) is 2.19. The highest BCUT2D eigenvalue weighted by Crippen LogP contribution is 2.09. The molecule has 1 rings (SSSR count). The first kappa shape index (κ1) is 15.2. The third kappa shape index (κ3) is 4.74. The lowest BCUT2D eigenvalue weighted by molar-refractivity contribution is -0.140. The summed E-state index contributed by atoms with van der Waals surface area (Å²) in [6.07, 6.45) is 0.662. The Morgan fingerprint density at radius 2 is 2.16 bits per heavy atom. The van der Waals surface area contributed by atoms with Crippen LogP contribution in [0.5, 0.6) is 0 Å². The van der Waals surface area contributed by atoms with E-state index >= 15 is 0 Å². The highest BCUT2D eigenvalue weighted by atomic mass is 16.5. The van der Waals surface area contributed by atoms with Crippen LogP contribution in [0.1, 0.15) is 13.3 Å². The van der Waals surface area contributed by atoms with Crippen molar-refractivity contribution in [2.24, 2.45) is 0 Å². The molecular formula is C11H19N3O5. The quantitative estimate of drug-likeness (QED) is 0.596. The first-order valence-corrected chi connectivity index (χ1v) is 5.98. The number of nitrogens with zero attached hydrogens (tertiary/aromatic N) is 1. The molecule has 3 N–H and O–H groups in total. The molecule has 0 aromatic carbocycles. The van der Waals surface area contributed by atoms with Gasteiger partial charge in [-0.25, -0.2) is 9.59 Å². The van der Waals surface area contributed by atoms with Crippen molar-refractivity contribution in [3.63, 3.8) is 0 Å². The predicted molar refractivity (Wildman–Crippen MR) is 65.6 cm³/mol. The van der Waals surface area contributed by atoms with Crippen LogP contribution < -0.4 is 10.6 Å². The highest BCUT2D eigenvalue weighted by Gasteiger charge is 2.29. The summed E-state index contributed by atoms with van der Waals surface area (Å²) in [5, 5.41) is 14.0. The first-order valence-electron chi connectivity index (χ1n) is 5.98. The lowest BCUT2D eigenvalue weighted by atomic mass is 10.3. The third-order valence-corrected chi connectivity index (χ3v) is 2.81. The second kappa shape index (κ2) is 6.93. The molecule has 0 aliphatic carbocycles. The number of hydrogen-bond acceptors (Lipinski definition) is 4. The van der Waals surface area contributed by atoms with Crippen LogP contribution in [0.3, 0.4) is 0 Å². The molecule has 1 aliphatic heterocycles. The van der Waals surface area contributed by atoms with E-state index in [0.29, 0.717) is 19.5 Å². The summed E-state index contributed by atoms with van der Waals surface area (Å²) in [4.78, 5) is 35.1. The van der Waals surface area contributed by atoms with Crippen molar-refractivity contribution in [2.75, 3.05) is 26.8 Å². The van der Waals surface area contributed by atoms with Crippen LogP contribution in [0.4, 0.5) is 4.79 Å². The number of carbonyl (C=O) groups is 3. The Labute approximate surface area is 111 Å². The van der Waals surface area contributed by atoms with Crippen molar-refractivity contribution in [3.05, 3.63) is 0 Å². The molecular weight excluding hydrogens is 254 g/mol. The van der Waals surface area contributed by atoms with Crippen LogP contribution in [0, 0.1) is 0 Å². The minimum absolute atomic E-state index is 0.0750. The van der Waals surface area contributed by atoms with E-state index in [1.165, 1.54) is 18.9 Å². The molecule has 0 radical (unpaired) electrons. The average Bonchev–Trinajstić information content (AvgIpc) is 2.75. The molecule has 0 bridgehead atoms. The number of carbonyl (C=O) groups excluding carboxylic acids is 2. The topological polar surface area (TPSA) is 108 Å². The van der Waals surface area contributed by atoms with Crippen LogP contribution in [-0.2, 0) is 14.3 Å². The number of urea groups is 1. The molecule has 3 amide bonds. The zero-order valence-electron chi connectivity index (χ0n) is 11.0. The maximum Gasteiger partial charge on any atom is 0.328 e. The van der Waals surface area contributed by atoms with E-state index in [-0.39, 0.29) is 18.6 Å². The Balaban J connectivity index is 2.46. The molecule has 0 aromatic rings. The fourth-order valence-corrected chi connectivity index (χ4v) is 1.93. The maximum atomic E-state index is 11.8. The summed E-state index contributed by atoms with van der Waals surface area (Å²) in [6, 6.07) is -1.61. The minimum Gasteiger partial charge on any atom is -0.480 e. The number of nitrogens with one attached hydrogen (secondary N) is 2. The number of hydrogen-bond donors (Lipinski definition) is 3. The van der Waals surface area contributed by atoms with Crippen LogP contribution in [0.2, 0.25) is 0 Å². The second-order valence-corrected chi connectivity index (χ2v) is 4.43. The molecule has 19 heavy (non-hydrogen) atoms. The van der Waals surface area contributed by atoms with Crippen molar-refractivity contribution >= 4 is 17.9 Å². The minimum atomic E-state index is -1.15. The highest BCUT2D eigenvalue weighted by molar-refractivity contribution is 5.83. The van der Waals surface area contributed by atoms with Gasteiger partial charge in [0, 0.05) is 33.2 Å². The summed E-state index contributed by atoms with van der Waals surface area (Å²) < 4.78 is 4.73. The molecule has 8 nitrogen and oxygen atoms in total. The Hall–Kier alpha value is -1.83. The van der Waals surface area contributed by atoms with E-state index in [4.69, 9.17) is 9.84 Å². The average molecular weight is 273 g/mol. The van der Waals surface area contributed by atoms with Gasteiger partial charge in [0.2, 0.25) is 5.91 Å². The molecule has 0 saturated carbocycles. The van der Waals surface area contributed by atoms with E-state index < -0.39 is 18.0 Å². The number of methoxy groups -OCH3 is 1. The van der Waals surface area contributed by atoms with Gasteiger partial charge in [0.15, 0.2) is 6.04 Å². The lowest BCUT2D eigenvalue weighted by Gasteiger charge is -2.20. The van der Waals surface area contributed by atoms with Crippen LogP contribution in [-0.4, -0.2) is 66.8 Å². The van der Waals surface area contributed by atoms with Gasteiger partial charge in [-0.1, -0.05) is 0 Å². The van der Waals surface area contributed by atoms with Crippen molar-refractivity contribution in [1.29, 1.82) is 0 Å². The van der Waals surface area contributed by atoms with E-state index in [1.807, 2.05) is 0 Å². The standard InChI is InChI=1S/C11H19N3O5/c1-7(15)12-8-3-4-14(5-8)11(18)13-9(6-19-2)10(16)17/h8-9H,3-6H2,1-2H3,(H,12,15)(H,13,18)(H,16,17). The van der Waals surface area contributed by atoms with E-state index in [0.717, 1.165) is 0 Å². The Morgan fingerprint density at radius 3 is 2.68 bits per heavy atom. The number of carboxylic acid groups (broad SMARTS) is 1. The van der Waals surface area contributed by atoms with Crippen molar-refractivity contribution in [3.8, 4) is 0 Å². The van der Waals surface area contributed by atoms with E-state index in [1.54, 1.807) is 0 Å². The van der Waals surface area contributed by atoms with Gasteiger partial charge >= 0.3 is 12.0 Å². The number of aliphatic carboxylic acids is 1. The lowest BCUT2D eigenvalue weighted by Crippen LogP contribution is -2.49. The molecule has 0 spiro atoms. The number of carboxylic acids is 1. The molecule has 0 aromatic heterocycles. The molecule has 2 atom stereocenters. The maximum absolute atomic E-state index is 11.8. The number of rotatable bonds is 5. The monoisotopic (exact) mass is 273 g/mol. The zero-order chi connectivity index (χ0) is 14.4. The van der Waals surface area contributed by atoms with Crippen LogP contribution >= 0.6 is 0 Å². The largest absolute Gasteiger partial charge is 0.480 e.